The third-order valence-corrected chi connectivity index (χ3v) is 2.73. The number of hydrogen-bond donors (Lipinski definition) is 1. The van der Waals surface area contributed by atoms with Crippen LogP contribution >= 0.6 is 0 Å². The minimum atomic E-state index is -0.760. The van der Waals surface area contributed by atoms with Crippen molar-refractivity contribution in [2.45, 2.75) is 26.3 Å². The van der Waals surface area contributed by atoms with Crippen molar-refractivity contribution in [1.29, 1.82) is 0 Å². The SMILES string of the molecule is CC(C)N(CCOc1ccccc1)CCC(=O)O. The summed E-state index contributed by atoms with van der Waals surface area (Å²) in [6, 6.07) is 9.96. The molecular formula is C14H21NO3. The largest absolute Gasteiger partial charge is 0.492 e. The van der Waals surface area contributed by atoms with E-state index in [-0.39, 0.29) is 6.42 Å². The second-order valence-corrected chi connectivity index (χ2v) is 4.43. The van der Waals surface area contributed by atoms with Gasteiger partial charge >= 0.3 is 5.97 Å². The Morgan fingerprint density at radius 1 is 1.28 bits per heavy atom. The van der Waals surface area contributed by atoms with E-state index in [0.717, 1.165) is 12.3 Å². The summed E-state index contributed by atoms with van der Waals surface area (Å²) in [5, 5.41) is 8.69. The Morgan fingerprint density at radius 3 is 2.50 bits per heavy atom. The summed E-state index contributed by atoms with van der Waals surface area (Å²) in [6.07, 6.45) is 0.170. The Hall–Kier alpha value is -1.55. The molecule has 0 atom stereocenters. The number of nitrogens with zero attached hydrogens (tertiary/aromatic N) is 1. The van der Waals surface area contributed by atoms with Crippen LogP contribution in [-0.4, -0.2) is 41.7 Å². The van der Waals surface area contributed by atoms with E-state index in [9.17, 15) is 4.79 Å². The third-order valence-electron chi connectivity index (χ3n) is 2.73. The molecule has 0 aliphatic carbocycles. The average Bonchev–Trinajstić information content (AvgIpc) is 2.34. The van der Waals surface area contributed by atoms with Crippen LogP contribution in [0.25, 0.3) is 0 Å². The second-order valence-electron chi connectivity index (χ2n) is 4.43. The zero-order chi connectivity index (χ0) is 13.4. The van der Waals surface area contributed by atoms with Crippen LogP contribution in [0.2, 0.25) is 0 Å². The van der Waals surface area contributed by atoms with Crippen LogP contribution in [0.15, 0.2) is 30.3 Å². The van der Waals surface area contributed by atoms with Gasteiger partial charge in [0, 0.05) is 19.1 Å². The molecule has 18 heavy (non-hydrogen) atoms. The summed E-state index contributed by atoms with van der Waals surface area (Å²) >= 11 is 0. The molecule has 0 amide bonds. The maximum atomic E-state index is 10.6. The Bertz CT molecular complexity index is 351. The Kier molecular flexibility index (Phi) is 6.22. The van der Waals surface area contributed by atoms with Crippen molar-refractivity contribution in [2.75, 3.05) is 19.7 Å². The lowest BCUT2D eigenvalue weighted by Gasteiger charge is -2.25. The first-order valence-electron chi connectivity index (χ1n) is 6.23. The van der Waals surface area contributed by atoms with E-state index in [2.05, 4.69) is 18.7 Å². The van der Waals surface area contributed by atoms with E-state index < -0.39 is 5.97 Å². The normalized spacial score (nSPS) is 10.9. The fourth-order valence-electron chi connectivity index (χ4n) is 1.66. The topological polar surface area (TPSA) is 49.8 Å². The molecule has 0 spiro atoms. The average molecular weight is 251 g/mol. The van der Waals surface area contributed by atoms with E-state index in [1.807, 2.05) is 30.3 Å². The monoisotopic (exact) mass is 251 g/mol. The highest BCUT2D eigenvalue weighted by Crippen LogP contribution is 2.08. The van der Waals surface area contributed by atoms with Gasteiger partial charge in [-0.15, -0.1) is 0 Å². The van der Waals surface area contributed by atoms with E-state index in [0.29, 0.717) is 19.2 Å². The van der Waals surface area contributed by atoms with Gasteiger partial charge in [0.15, 0.2) is 0 Å². The lowest BCUT2D eigenvalue weighted by molar-refractivity contribution is -0.137. The maximum Gasteiger partial charge on any atom is 0.304 e. The molecule has 4 heteroatoms. The van der Waals surface area contributed by atoms with Crippen LogP contribution in [0.1, 0.15) is 20.3 Å². The van der Waals surface area contributed by atoms with Gasteiger partial charge < -0.3 is 9.84 Å². The fourth-order valence-corrected chi connectivity index (χ4v) is 1.66. The lowest BCUT2D eigenvalue weighted by Crippen LogP contribution is -2.36. The van der Waals surface area contributed by atoms with E-state index in [1.165, 1.54) is 0 Å². The number of carboxylic acid groups (broad SMARTS) is 1. The van der Waals surface area contributed by atoms with Crippen molar-refractivity contribution in [3.63, 3.8) is 0 Å². The number of para-hydroxylation sites is 1. The molecule has 0 aromatic heterocycles. The van der Waals surface area contributed by atoms with Gasteiger partial charge in [-0.3, -0.25) is 9.69 Å². The molecule has 100 valence electrons. The van der Waals surface area contributed by atoms with Gasteiger partial charge in [-0.2, -0.15) is 0 Å². The van der Waals surface area contributed by atoms with Crippen LogP contribution in [0.3, 0.4) is 0 Å². The van der Waals surface area contributed by atoms with E-state index >= 15 is 0 Å². The minimum absolute atomic E-state index is 0.170. The van der Waals surface area contributed by atoms with Crippen LogP contribution in [0.4, 0.5) is 0 Å². The number of carbonyl (C=O) groups is 1. The minimum Gasteiger partial charge on any atom is -0.492 e. The zero-order valence-corrected chi connectivity index (χ0v) is 11.0. The molecule has 1 aromatic rings. The third kappa shape index (κ3) is 5.68. The molecule has 0 fully saturated rings. The Balaban J connectivity index is 2.31. The molecule has 0 heterocycles. The molecule has 0 aliphatic rings. The Labute approximate surface area is 108 Å². The summed E-state index contributed by atoms with van der Waals surface area (Å²) in [7, 11) is 0. The van der Waals surface area contributed by atoms with Crippen LogP contribution in [0.5, 0.6) is 5.75 Å². The van der Waals surface area contributed by atoms with Crippen molar-refractivity contribution in [2.24, 2.45) is 0 Å². The summed E-state index contributed by atoms with van der Waals surface area (Å²) in [4.78, 5) is 12.7. The number of rotatable bonds is 8. The number of ether oxygens (including phenoxy) is 1. The molecule has 4 nitrogen and oxygen atoms in total. The summed E-state index contributed by atoms with van der Waals surface area (Å²) in [6.45, 7) is 5.99. The number of carboxylic acids is 1. The lowest BCUT2D eigenvalue weighted by atomic mass is 10.3. The second kappa shape index (κ2) is 7.71. The molecule has 0 saturated heterocycles. The van der Waals surface area contributed by atoms with Crippen molar-refractivity contribution in [3.05, 3.63) is 30.3 Å². The summed E-state index contributed by atoms with van der Waals surface area (Å²) in [5.74, 6) is 0.0871. The highest BCUT2D eigenvalue weighted by atomic mass is 16.5. The predicted molar refractivity (Wildman–Crippen MR) is 70.9 cm³/mol. The molecule has 0 radical (unpaired) electrons. The highest BCUT2D eigenvalue weighted by molar-refractivity contribution is 5.66. The van der Waals surface area contributed by atoms with Gasteiger partial charge in [0.05, 0.1) is 6.42 Å². The van der Waals surface area contributed by atoms with Gasteiger partial charge in [-0.25, -0.2) is 0 Å². The first kappa shape index (κ1) is 14.5. The molecule has 1 rings (SSSR count). The van der Waals surface area contributed by atoms with Gasteiger partial charge in [0.2, 0.25) is 0 Å². The number of hydrogen-bond acceptors (Lipinski definition) is 3. The quantitative estimate of drug-likeness (QED) is 0.770. The van der Waals surface area contributed by atoms with Crippen molar-refractivity contribution < 1.29 is 14.6 Å². The molecule has 0 saturated carbocycles. The zero-order valence-electron chi connectivity index (χ0n) is 11.0. The van der Waals surface area contributed by atoms with Crippen molar-refractivity contribution in [3.8, 4) is 5.75 Å². The fraction of sp³-hybridized carbons (Fsp3) is 0.500. The van der Waals surface area contributed by atoms with Gasteiger partial charge in [-0.1, -0.05) is 18.2 Å². The maximum absolute atomic E-state index is 10.6. The predicted octanol–water partition coefficient (Wildman–Crippen LogP) is 2.25. The first-order chi connectivity index (χ1) is 8.59. The van der Waals surface area contributed by atoms with Gasteiger partial charge in [0.1, 0.15) is 12.4 Å². The van der Waals surface area contributed by atoms with Crippen LogP contribution < -0.4 is 4.74 Å². The highest BCUT2D eigenvalue weighted by Gasteiger charge is 2.11. The standard InChI is InChI=1S/C14H21NO3/c1-12(2)15(9-8-14(16)17)10-11-18-13-6-4-3-5-7-13/h3-7,12H,8-11H2,1-2H3,(H,16,17). The summed E-state index contributed by atoms with van der Waals surface area (Å²) in [5.41, 5.74) is 0. The van der Waals surface area contributed by atoms with Crippen molar-refractivity contribution >= 4 is 5.97 Å². The molecular weight excluding hydrogens is 230 g/mol. The number of benzene rings is 1. The smallest absolute Gasteiger partial charge is 0.304 e. The molecule has 1 N–H and O–H groups in total. The Morgan fingerprint density at radius 2 is 1.94 bits per heavy atom. The molecule has 0 unspecified atom stereocenters. The van der Waals surface area contributed by atoms with Crippen LogP contribution in [0, 0.1) is 0 Å². The van der Waals surface area contributed by atoms with E-state index in [4.69, 9.17) is 9.84 Å². The van der Waals surface area contributed by atoms with Crippen molar-refractivity contribution in [1.82, 2.24) is 4.90 Å². The van der Waals surface area contributed by atoms with Gasteiger partial charge in [0.25, 0.3) is 0 Å². The molecule has 0 bridgehead atoms. The van der Waals surface area contributed by atoms with E-state index in [1.54, 1.807) is 0 Å². The molecule has 1 aromatic carbocycles. The first-order valence-corrected chi connectivity index (χ1v) is 6.23. The molecule has 0 aliphatic heterocycles. The summed E-state index contributed by atoms with van der Waals surface area (Å²) < 4.78 is 5.60. The number of aliphatic carboxylic acids is 1. The van der Waals surface area contributed by atoms with Crippen LogP contribution in [-0.2, 0) is 4.79 Å². The van der Waals surface area contributed by atoms with Gasteiger partial charge in [-0.05, 0) is 26.0 Å².